The second-order valence-electron chi connectivity index (χ2n) is 6.63. The first-order valence-electron chi connectivity index (χ1n) is 9.24. The van der Waals surface area contributed by atoms with E-state index in [9.17, 15) is 0 Å². The van der Waals surface area contributed by atoms with E-state index in [0.29, 0.717) is 0 Å². The van der Waals surface area contributed by atoms with Crippen LogP contribution in [0.3, 0.4) is 0 Å². The fourth-order valence-corrected chi connectivity index (χ4v) is 4.45. The lowest BCUT2D eigenvalue weighted by molar-refractivity contribution is 0.479. The van der Waals surface area contributed by atoms with Crippen LogP contribution >= 0.6 is 46.9 Å². The third kappa shape index (κ3) is 6.32. The van der Waals surface area contributed by atoms with Gasteiger partial charge in [0.1, 0.15) is 11.6 Å². The standard InChI is InChI=1S/C18H27ClN6S.HI/c1-20-18(24(2)13-14-9-10-15(19)26-14)21-11-6-8-17-23-22-16-7-4-3-5-12-25(16)17;/h9-10H,3-8,11-13H2,1-2H3,(H,20,21);1H. The molecular weight excluding hydrogens is 495 g/mol. The highest BCUT2D eigenvalue weighted by molar-refractivity contribution is 14.0. The van der Waals surface area contributed by atoms with Gasteiger partial charge in [0.15, 0.2) is 5.96 Å². The molecular formula is C18H28ClIN6S. The maximum absolute atomic E-state index is 6.01. The van der Waals surface area contributed by atoms with Crippen LogP contribution in [0.1, 0.15) is 42.2 Å². The number of hydrogen-bond donors (Lipinski definition) is 1. The highest BCUT2D eigenvalue weighted by atomic mass is 127. The second kappa shape index (κ2) is 11.2. The first kappa shape index (κ1) is 22.4. The minimum Gasteiger partial charge on any atom is -0.356 e. The van der Waals surface area contributed by atoms with Crippen LogP contribution in [0.5, 0.6) is 0 Å². The second-order valence-corrected chi connectivity index (χ2v) is 8.43. The Morgan fingerprint density at radius 3 is 2.93 bits per heavy atom. The first-order chi connectivity index (χ1) is 12.7. The molecule has 3 rings (SSSR count). The Bertz CT molecular complexity index is 744. The molecule has 0 saturated heterocycles. The van der Waals surface area contributed by atoms with E-state index in [4.69, 9.17) is 11.6 Å². The van der Waals surface area contributed by atoms with E-state index in [1.165, 1.54) is 24.1 Å². The number of aromatic nitrogens is 3. The van der Waals surface area contributed by atoms with E-state index in [0.717, 1.165) is 60.8 Å². The number of nitrogens with zero attached hydrogens (tertiary/aromatic N) is 5. The first-order valence-corrected chi connectivity index (χ1v) is 10.4. The summed E-state index contributed by atoms with van der Waals surface area (Å²) in [6.07, 6.45) is 6.78. The number of aryl methyl sites for hydroxylation is 2. The molecule has 27 heavy (non-hydrogen) atoms. The number of halogens is 2. The van der Waals surface area contributed by atoms with Gasteiger partial charge in [0, 0.05) is 44.9 Å². The average Bonchev–Trinajstić information content (AvgIpc) is 3.12. The predicted molar refractivity (Wildman–Crippen MR) is 123 cm³/mol. The van der Waals surface area contributed by atoms with Gasteiger partial charge in [0.2, 0.25) is 0 Å². The van der Waals surface area contributed by atoms with Crippen molar-refractivity contribution < 1.29 is 0 Å². The van der Waals surface area contributed by atoms with Crippen LogP contribution in [0.2, 0.25) is 4.34 Å². The maximum Gasteiger partial charge on any atom is 0.193 e. The highest BCUT2D eigenvalue weighted by Crippen LogP contribution is 2.22. The van der Waals surface area contributed by atoms with Crippen LogP contribution in [0.15, 0.2) is 17.1 Å². The van der Waals surface area contributed by atoms with Gasteiger partial charge < -0.3 is 14.8 Å². The zero-order valence-electron chi connectivity index (χ0n) is 15.9. The van der Waals surface area contributed by atoms with Crippen LogP contribution in [0.4, 0.5) is 0 Å². The Morgan fingerprint density at radius 2 is 2.19 bits per heavy atom. The molecule has 150 valence electrons. The third-order valence-corrected chi connectivity index (χ3v) is 5.86. The molecule has 9 heteroatoms. The summed E-state index contributed by atoms with van der Waals surface area (Å²) in [4.78, 5) is 7.72. The molecule has 0 bridgehead atoms. The minimum atomic E-state index is 0. The summed E-state index contributed by atoms with van der Waals surface area (Å²) < 4.78 is 3.15. The summed E-state index contributed by atoms with van der Waals surface area (Å²) in [5.41, 5.74) is 0. The summed E-state index contributed by atoms with van der Waals surface area (Å²) in [5.74, 6) is 3.19. The number of fused-ring (bicyclic) bond motifs is 1. The number of rotatable bonds is 6. The van der Waals surface area contributed by atoms with Crippen molar-refractivity contribution in [2.45, 2.75) is 51.6 Å². The number of aliphatic imine (C=N–C) groups is 1. The highest BCUT2D eigenvalue weighted by Gasteiger charge is 2.14. The van der Waals surface area contributed by atoms with Gasteiger partial charge in [-0.05, 0) is 31.4 Å². The minimum absolute atomic E-state index is 0. The monoisotopic (exact) mass is 522 g/mol. The van der Waals surface area contributed by atoms with Crippen molar-refractivity contribution in [1.29, 1.82) is 0 Å². The maximum atomic E-state index is 6.01. The molecule has 0 unspecified atom stereocenters. The molecule has 0 saturated carbocycles. The Labute approximate surface area is 187 Å². The molecule has 2 aromatic rings. The molecule has 1 aliphatic rings. The number of nitrogens with one attached hydrogen (secondary N) is 1. The van der Waals surface area contributed by atoms with Gasteiger partial charge in [-0.25, -0.2) is 0 Å². The van der Waals surface area contributed by atoms with E-state index in [1.807, 2.05) is 20.2 Å². The molecule has 0 aromatic carbocycles. The van der Waals surface area contributed by atoms with Gasteiger partial charge in [0.05, 0.1) is 10.9 Å². The van der Waals surface area contributed by atoms with Crippen LogP contribution in [-0.2, 0) is 25.9 Å². The Kier molecular flexibility index (Phi) is 9.31. The van der Waals surface area contributed by atoms with Crippen molar-refractivity contribution in [3.8, 4) is 0 Å². The Hall–Kier alpha value is -0.870. The molecule has 1 N–H and O–H groups in total. The molecule has 3 heterocycles. The predicted octanol–water partition coefficient (Wildman–Crippen LogP) is 3.98. The molecule has 0 aliphatic carbocycles. The van der Waals surface area contributed by atoms with E-state index in [2.05, 4.69) is 36.0 Å². The zero-order chi connectivity index (χ0) is 18.4. The van der Waals surface area contributed by atoms with Crippen LogP contribution in [0, 0.1) is 0 Å². The quantitative estimate of drug-likeness (QED) is 0.270. The fourth-order valence-electron chi connectivity index (χ4n) is 3.31. The molecule has 0 amide bonds. The van der Waals surface area contributed by atoms with Gasteiger partial charge in [-0.1, -0.05) is 18.0 Å². The molecule has 1 aliphatic heterocycles. The summed E-state index contributed by atoms with van der Waals surface area (Å²) in [5, 5.41) is 12.2. The van der Waals surface area contributed by atoms with Gasteiger partial charge >= 0.3 is 0 Å². The summed E-state index contributed by atoms with van der Waals surface area (Å²) in [7, 11) is 3.86. The van der Waals surface area contributed by atoms with Crippen molar-refractivity contribution in [2.24, 2.45) is 4.99 Å². The van der Waals surface area contributed by atoms with Crippen molar-refractivity contribution in [1.82, 2.24) is 25.0 Å². The zero-order valence-corrected chi connectivity index (χ0v) is 19.9. The van der Waals surface area contributed by atoms with E-state index in [1.54, 1.807) is 11.3 Å². The van der Waals surface area contributed by atoms with Crippen molar-refractivity contribution in [2.75, 3.05) is 20.6 Å². The largest absolute Gasteiger partial charge is 0.356 e. The Morgan fingerprint density at radius 1 is 1.33 bits per heavy atom. The molecule has 0 fully saturated rings. The summed E-state index contributed by atoms with van der Waals surface area (Å²) in [6, 6.07) is 4.00. The van der Waals surface area contributed by atoms with Crippen molar-refractivity contribution >= 4 is 52.9 Å². The molecule has 0 atom stereocenters. The van der Waals surface area contributed by atoms with E-state index >= 15 is 0 Å². The van der Waals surface area contributed by atoms with Crippen molar-refractivity contribution in [3.63, 3.8) is 0 Å². The van der Waals surface area contributed by atoms with E-state index < -0.39 is 0 Å². The summed E-state index contributed by atoms with van der Waals surface area (Å²) in [6.45, 7) is 2.73. The number of thiophene rings is 1. The average molecular weight is 523 g/mol. The fraction of sp³-hybridized carbons (Fsp3) is 0.611. The normalized spacial score (nSPS) is 14.3. The topological polar surface area (TPSA) is 58.3 Å². The lowest BCUT2D eigenvalue weighted by atomic mass is 10.2. The summed E-state index contributed by atoms with van der Waals surface area (Å²) >= 11 is 7.62. The lowest BCUT2D eigenvalue weighted by Crippen LogP contribution is -2.38. The van der Waals surface area contributed by atoms with Gasteiger partial charge in [-0.2, -0.15) is 0 Å². The molecule has 6 nitrogen and oxygen atoms in total. The molecule has 0 radical (unpaired) electrons. The van der Waals surface area contributed by atoms with Crippen molar-refractivity contribution in [3.05, 3.63) is 33.0 Å². The molecule has 0 spiro atoms. The Balaban J connectivity index is 0.00000261. The number of guanidine groups is 1. The van der Waals surface area contributed by atoms with Crippen LogP contribution < -0.4 is 5.32 Å². The smallest absolute Gasteiger partial charge is 0.193 e. The SMILES string of the molecule is CN=C(NCCCc1nnc2n1CCCCC2)N(C)Cc1ccc(Cl)s1.I. The van der Waals surface area contributed by atoms with Gasteiger partial charge in [-0.15, -0.1) is 45.5 Å². The van der Waals surface area contributed by atoms with Gasteiger partial charge in [-0.3, -0.25) is 4.99 Å². The lowest BCUT2D eigenvalue weighted by Gasteiger charge is -2.21. The van der Waals surface area contributed by atoms with Crippen LogP contribution in [0.25, 0.3) is 0 Å². The van der Waals surface area contributed by atoms with E-state index in [-0.39, 0.29) is 24.0 Å². The number of hydrogen-bond acceptors (Lipinski definition) is 4. The molecule has 2 aromatic heterocycles. The van der Waals surface area contributed by atoms with Crippen LogP contribution in [-0.4, -0.2) is 46.3 Å². The third-order valence-electron chi connectivity index (χ3n) is 4.64. The van der Waals surface area contributed by atoms with Gasteiger partial charge in [0.25, 0.3) is 0 Å².